The Morgan fingerprint density at radius 2 is 1.74 bits per heavy atom. The van der Waals surface area contributed by atoms with E-state index in [2.05, 4.69) is 5.32 Å². The molecule has 31 heavy (non-hydrogen) atoms. The van der Waals surface area contributed by atoms with Crippen molar-refractivity contribution in [2.45, 2.75) is 26.8 Å². The molecule has 2 aromatic carbocycles. The second-order valence-electron chi connectivity index (χ2n) is 7.11. The molecular formula is C24H29N3O3S. The average Bonchev–Trinajstić information content (AvgIpc) is 2.79. The van der Waals surface area contributed by atoms with E-state index in [0.717, 1.165) is 16.9 Å². The Morgan fingerprint density at radius 3 is 2.32 bits per heavy atom. The first-order valence-corrected chi connectivity index (χ1v) is 10.8. The minimum atomic E-state index is -0.467. The third kappa shape index (κ3) is 4.23. The molecule has 164 valence electrons. The van der Waals surface area contributed by atoms with Gasteiger partial charge in [0.1, 0.15) is 0 Å². The molecule has 1 heterocycles. The van der Waals surface area contributed by atoms with E-state index in [1.165, 1.54) is 0 Å². The van der Waals surface area contributed by atoms with Crippen molar-refractivity contribution in [2.75, 3.05) is 32.2 Å². The van der Waals surface area contributed by atoms with Gasteiger partial charge in [-0.15, -0.1) is 0 Å². The van der Waals surface area contributed by atoms with Crippen LogP contribution in [-0.4, -0.2) is 43.2 Å². The summed E-state index contributed by atoms with van der Waals surface area (Å²) < 4.78 is 11.2. The van der Waals surface area contributed by atoms with E-state index >= 15 is 0 Å². The van der Waals surface area contributed by atoms with E-state index in [4.69, 9.17) is 21.7 Å². The van der Waals surface area contributed by atoms with Crippen molar-refractivity contribution in [3.8, 4) is 11.5 Å². The number of hydrogen-bond acceptors (Lipinski definition) is 4. The lowest BCUT2D eigenvalue weighted by Gasteiger charge is -2.39. The zero-order valence-electron chi connectivity index (χ0n) is 18.6. The molecule has 0 saturated carbocycles. The minimum Gasteiger partial charge on any atom is -0.493 e. The van der Waals surface area contributed by atoms with Crippen molar-refractivity contribution in [2.24, 2.45) is 0 Å². The summed E-state index contributed by atoms with van der Waals surface area (Å²) in [7, 11) is 3.20. The molecule has 1 aliphatic heterocycles. The minimum absolute atomic E-state index is 0.0340. The number of amides is 1. The molecule has 6 nitrogen and oxygen atoms in total. The Labute approximate surface area is 189 Å². The summed E-state index contributed by atoms with van der Waals surface area (Å²) in [5.74, 6) is 1.15. The molecular weight excluding hydrogens is 410 g/mol. The van der Waals surface area contributed by atoms with Crippen LogP contribution in [0.3, 0.4) is 0 Å². The quantitative estimate of drug-likeness (QED) is 0.650. The number of likely N-dealkylation sites (N-methyl/N-ethyl adjacent to an activating group) is 1. The van der Waals surface area contributed by atoms with Crippen LogP contribution in [0.4, 0.5) is 5.69 Å². The number of rotatable bonds is 7. The van der Waals surface area contributed by atoms with Crippen LogP contribution in [0.25, 0.3) is 0 Å². The zero-order chi connectivity index (χ0) is 22.5. The van der Waals surface area contributed by atoms with Gasteiger partial charge in [0.05, 0.1) is 25.8 Å². The third-order valence-electron chi connectivity index (χ3n) is 5.52. The van der Waals surface area contributed by atoms with Gasteiger partial charge in [0, 0.05) is 30.0 Å². The van der Waals surface area contributed by atoms with E-state index in [1.807, 2.05) is 79.1 Å². The monoisotopic (exact) mass is 439 g/mol. The first-order valence-electron chi connectivity index (χ1n) is 10.3. The van der Waals surface area contributed by atoms with Gasteiger partial charge in [-0.05, 0) is 51.2 Å². The molecule has 1 atom stereocenters. The number of carbonyl (C=O) groups excluding carboxylic acids is 1. The molecule has 0 aromatic heterocycles. The largest absolute Gasteiger partial charge is 0.493 e. The van der Waals surface area contributed by atoms with E-state index in [0.29, 0.717) is 35.3 Å². The van der Waals surface area contributed by atoms with E-state index < -0.39 is 6.04 Å². The lowest BCUT2D eigenvalue weighted by Crippen LogP contribution is -2.50. The topological polar surface area (TPSA) is 54.0 Å². The Morgan fingerprint density at radius 1 is 1.06 bits per heavy atom. The standard InChI is InChI=1S/C24H29N3O3S/c1-6-26(7-2)23(28)20-16(3)27(17-12-9-8-10-13-17)24(31)25-21(20)18-14-11-15-19(29-4)22(18)30-5/h8-15,21H,6-7H2,1-5H3,(H,25,31)/t21-/m1/s1. The number of para-hydroxylation sites is 2. The maximum atomic E-state index is 13.7. The van der Waals surface area contributed by atoms with Crippen LogP contribution in [0.5, 0.6) is 11.5 Å². The van der Waals surface area contributed by atoms with Crippen molar-refractivity contribution in [1.29, 1.82) is 0 Å². The number of allylic oxidation sites excluding steroid dienone is 1. The molecule has 1 amide bonds. The summed E-state index contributed by atoms with van der Waals surface area (Å²) >= 11 is 5.75. The van der Waals surface area contributed by atoms with Crippen molar-refractivity contribution in [1.82, 2.24) is 10.2 Å². The van der Waals surface area contributed by atoms with Crippen LogP contribution in [0.15, 0.2) is 59.8 Å². The van der Waals surface area contributed by atoms with Gasteiger partial charge in [-0.3, -0.25) is 9.69 Å². The highest BCUT2D eigenvalue weighted by molar-refractivity contribution is 7.80. The van der Waals surface area contributed by atoms with Gasteiger partial charge in [-0.25, -0.2) is 0 Å². The van der Waals surface area contributed by atoms with Crippen molar-refractivity contribution >= 4 is 28.9 Å². The summed E-state index contributed by atoms with van der Waals surface area (Å²) in [5.41, 5.74) is 3.12. The van der Waals surface area contributed by atoms with Crippen LogP contribution in [-0.2, 0) is 4.79 Å². The molecule has 7 heteroatoms. The van der Waals surface area contributed by atoms with Crippen molar-refractivity contribution in [3.63, 3.8) is 0 Å². The molecule has 2 aromatic rings. The number of methoxy groups -OCH3 is 2. The van der Waals surface area contributed by atoms with Gasteiger partial charge >= 0.3 is 0 Å². The Hall–Kier alpha value is -3.06. The number of carbonyl (C=O) groups is 1. The van der Waals surface area contributed by atoms with E-state index in [-0.39, 0.29) is 5.91 Å². The summed E-state index contributed by atoms with van der Waals surface area (Å²) in [6.45, 7) is 7.13. The number of hydrogen-bond donors (Lipinski definition) is 1. The first-order chi connectivity index (χ1) is 15.0. The SMILES string of the molecule is CCN(CC)C(=O)C1=C(C)N(c2ccccc2)C(=S)N[C@@H]1c1cccc(OC)c1OC. The molecule has 0 aliphatic carbocycles. The summed E-state index contributed by atoms with van der Waals surface area (Å²) in [6, 6.07) is 15.0. The van der Waals surface area contributed by atoms with Crippen LogP contribution >= 0.6 is 12.2 Å². The first kappa shape index (κ1) is 22.6. The van der Waals surface area contributed by atoms with Gasteiger partial charge in [-0.1, -0.05) is 30.3 Å². The maximum Gasteiger partial charge on any atom is 0.253 e. The highest BCUT2D eigenvalue weighted by Crippen LogP contribution is 2.41. The Balaban J connectivity index is 2.23. The number of nitrogens with one attached hydrogen (secondary N) is 1. The van der Waals surface area contributed by atoms with Gasteiger partial charge in [-0.2, -0.15) is 0 Å². The summed E-state index contributed by atoms with van der Waals surface area (Å²) in [5, 5.41) is 3.91. The number of thiocarbonyl (C=S) groups is 1. The molecule has 0 fully saturated rings. The van der Waals surface area contributed by atoms with Gasteiger partial charge in [0.2, 0.25) is 0 Å². The zero-order valence-corrected chi connectivity index (χ0v) is 19.5. The predicted octanol–water partition coefficient (Wildman–Crippen LogP) is 4.28. The fourth-order valence-corrected chi connectivity index (χ4v) is 4.32. The molecule has 0 bridgehead atoms. The van der Waals surface area contributed by atoms with Crippen molar-refractivity contribution in [3.05, 3.63) is 65.4 Å². The van der Waals surface area contributed by atoms with Crippen LogP contribution in [0, 0.1) is 0 Å². The predicted molar refractivity (Wildman–Crippen MR) is 128 cm³/mol. The number of ether oxygens (including phenoxy) is 2. The number of benzene rings is 2. The Kier molecular flexibility index (Phi) is 7.17. The second kappa shape index (κ2) is 9.83. The van der Waals surface area contributed by atoms with Gasteiger partial charge in [0.15, 0.2) is 16.6 Å². The lowest BCUT2D eigenvalue weighted by molar-refractivity contribution is -0.127. The van der Waals surface area contributed by atoms with E-state index in [9.17, 15) is 4.79 Å². The fraction of sp³-hybridized carbons (Fsp3) is 0.333. The Bertz CT molecular complexity index is 987. The molecule has 1 N–H and O–H groups in total. The van der Waals surface area contributed by atoms with Crippen molar-refractivity contribution < 1.29 is 14.3 Å². The van der Waals surface area contributed by atoms with Gasteiger partial charge < -0.3 is 19.7 Å². The molecule has 0 spiro atoms. The van der Waals surface area contributed by atoms with Crippen LogP contribution in [0.2, 0.25) is 0 Å². The lowest BCUT2D eigenvalue weighted by atomic mass is 9.92. The smallest absolute Gasteiger partial charge is 0.253 e. The fourth-order valence-electron chi connectivity index (χ4n) is 3.96. The normalized spacial score (nSPS) is 16.1. The summed E-state index contributed by atoms with van der Waals surface area (Å²) in [4.78, 5) is 17.4. The number of anilines is 1. The third-order valence-corrected chi connectivity index (χ3v) is 5.83. The maximum absolute atomic E-state index is 13.7. The van der Waals surface area contributed by atoms with E-state index in [1.54, 1.807) is 14.2 Å². The van der Waals surface area contributed by atoms with Crippen LogP contribution in [0.1, 0.15) is 32.4 Å². The number of nitrogens with zero attached hydrogens (tertiary/aromatic N) is 2. The molecule has 0 radical (unpaired) electrons. The highest BCUT2D eigenvalue weighted by Gasteiger charge is 2.37. The van der Waals surface area contributed by atoms with Crippen LogP contribution < -0.4 is 19.7 Å². The highest BCUT2D eigenvalue weighted by atomic mass is 32.1. The molecule has 0 unspecified atom stereocenters. The molecule has 0 saturated heterocycles. The second-order valence-corrected chi connectivity index (χ2v) is 7.50. The average molecular weight is 440 g/mol. The van der Waals surface area contributed by atoms with Gasteiger partial charge in [0.25, 0.3) is 5.91 Å². The molecule has 1 aliphatic rings. The summed E-state index contributed by atoms with van der Waals surface area (Å²) in [6.07, 6.45) is 0. The molecule has 3 rings (SSSR count).